The lowest BCUT2D eigenvalue weighted by Gasteiger charge is -1.95. The summed E-state index contributed by atoms with van der Waals surface area (Å²) in [7, 11) is 0. The molecule has 0 spiro atoms. The van der Waals surface area contributed by atoms with Crippen LogP contribution < -0.4 is 0 Å². The molecule has 14 heavy (non-hydrogen) atoms. The largest absolute Gasteiger partial charge is 0.476 e. The SMILES string of the molecule is O=C(O)c1cn2ccc(CO)cc2n1. The summed E-state index contributed by atoms with van der Waals surface area (Å²) >= 11 is 0. The van der Waals surface area contributed by atoms with Gasteiger partial charge in [0.25, 0.3) is 0 Å². The van der Waals surface area contributed by atoms with Crippen molar-refractivity contribution in [2.24, 2.45) is 0 Å². The van der Waals surface area contributed by atoms with Gasteiger partial charge in [0, 0.05) is 12.4 Å². The summed E-state index contributed by atoms with van der Waals surface area (Å²) in [5.74, 6) is -1.06. The lowest BCUT2D eigenvalue weighted by molar-refractivity contribution is 0.0691. The number of hydrogen-bond acceptors (Lipinski definition) is 3. The summed E-state index contributed by atoms with van der Waals surface area (Å²) in [4.78, 5) is 14.5. The smallest absolute Gasteiger partial charge is 0.356 e. The van der Waals surface area contributed by atoms with Gasteiger partial charge < -0.3 is 14.6 Å². The van der Waals surface area contributed by atoms with Gasteiger partial charge in [-0.2, -0.15) is 0 Å². The number of aliphatic hydroxyl groups is 1. The van der Waals surface area contributed by atoms with E-state index in [4.69, 9.17) is 10.2 Å². The Morgan fingerprint density at radius 1 is 1.57 bits per heavy atom. The van der Waals surface area contributed by atoms with E-state index in [1.165, 1.54) is 6.20 Å². The van der Waals surface area contributed by atoms with E-state index in [1.54, 1.807) is 22.7 Å². The second-order valence-corrected chi connectivity index (χ2v) is 2.89. The molecule has 72 valence electrons. The normalized spacial score (nSPS) is 10.6. The molecule has 0 saturated carbocycles. The number of imidazole rings is 1. The topological polar surface area (TPSA) is 74.8 Å². The molecule has 0 aliphatic carbocycles. The summed E-state index contributed by atoms with van der Waals surface area (Å²) < 4.78 is 1.60. The summed E-state index contributed by atoms with van der Waals surface area (Å²) in [6.07, 6.45) is 3.10. The second-order valence-electron chi connectivity index (χ2n) is 2.89. The first kappa shape index (κ1) is 8.71. The van der Waals surface area contributed by atoms with Crippen LogP contribution in [-0.4, -0.2) is 25.6 Å². The van der Waals surface area contributed by atoms with E-state index >= 15 is 0 Å². The van der Waals surface area contributed by atoms with Gasteiger partial charge in [0.05, 0.1) is 6.61 Å². The Hall–Kier alpha value is -1.88. The molecule has 0 aliphatic rings. The minimum Gasteiger partial charge on any atom is -0.476 e. The number of fused-ring (bicyclic) bond motifs is 1. The van der Waals surface area contributed by atoms with Gasteiger partial charge in [-0.15, -0.1) is 0 Å². The first-order chi connectivity index (χ1) is 6.70. The number of aliphatic hydroxyl groups excluding tert-OH is 1. The number of carbonyl (C=O) groups is 1. The lowest BCUT2D eigenvalue weighted by Crippen LogP contribution is -1.94. The summed E-state index contributed by atoms with van der Waals surface area (Å²) in [5, 5.41) is 17.5. The molecule has 5 nitrogen and oxygen atoms in total. The van der Waals surface area contributed by atoms with Crippen molar-refractivity contribution < 1.29 is 15.0 Å². The predicted molar refractivity (Wildman–Crippen MR) is 48.1 cm³/mol. The van der Waals surface area contributed by atoms with Crippen LogP contribution in [0.5, 0.6) is 0 Å². The molecule has 0 unspecified atom stereocenters. The molecule has 2 aromatic heterocycles. The fraction of sp³-hybridized carbons (Fsp3) is 0.111. The van der Waals surface area contributed by atoms with E-state index in [-0.39, 0.29) is 12.3 Å². The van der Waals surface area contributed by atoms with Gasteiger partial charge >= 0.3 is 5.97 Å². The van der Waals surface area contributed by atoms with Crippen LogP contribution in [0.1, 0.15) is 16.1 Å². The van der Waals surface area contributed by atoms with Crippen molar-refractivity contribution in [2.75, 3.05) is 0 Å². The molecule has 0 radical (unpaired) electrons. The molecular weight excluding hydrogens is 184 g/mol. The van der Waals surface area contributed by atoms with Gasteiger partial charge in [-0.25, -0.2) is 9.78 Å². The van der Waals surface area contributed by atoms with Crippen molar-refractivity contribution in [3.05, 3.63) is 35.8 Å². The van der Waals surface area contributed by atoms with Crippen molar-refractivity contribution in [2.45, 2.75) is 6.61 Å². The lowest BCUT2D eigenvalue weighted by atomic mass is 10.3. The van der Waals surface area contributed by atoms with Gasteiger partial charge in [0.1, 0.15) is 5.65 Å². The quantitative estimate of drug-likeness (QED) is 0.727. The molecule has 0 aliphatic heterocycles. The van der Waals surface area contributed by atoms with E-state index in [0.717, 1.165) is 0 Å². The maximum absolute atomic E-state index is 10.6. The fourth-order valence-corrected chi connectivity index (χ4v) is 1.23. The summed E-state index contributed by atoms with van der Waals surface area (Å²) in [5.41, 5.74) is 1.23. The third kappa shape index (κ3) is 1.33. The predicted octanol–water partition coefficient (Wildman–Crippen LogP) is 0.525. The van der Waals surface area contributed by atoms with Crippen LogP contribution >= 0.6 is 0 Å². The number of aromatic carboxylic acids is 1. The van der Waals surface area contributed by atoms with Crippen molar-refractivity contribution in [1.29, 1.82) is 0 Å². The molecule has 2 N–H and O–H groups in total. The molecule has 0 amide bonds. The van der Waals surface area contributed by atoms with E-state index in [2.05, 4.69) is 4.98 Å². The minimum absolute atomic E-state index is 0.0000831. The van der Waals surface area contributed by atoms with Crippen molar-refractivity contribution in [1.82, 2.24) is 9.38 Å². The molecule has 0 atom stereocenters. The maximum Gasteiger partial charge on any atom is 0.356 e. The highest BCUT2D eigenvalue weighted by Crippen LogP contribution is 2.08. The van der Waals surface area contributed by atoms with Crippen molar-refractivity contribution in [3.8, 4) is 0 Å². The van der Waals surface area contributed by atoms with Gasteiger partial charge in [0.15, 0.2) is 5.69 Å². The Morgan fingerprint density at radius 3 is 3.00 bits per heavy atom. The number of hydrogen-bond donors (Lipinski definition) is 2. The van der Waals surface area contributed by atoms with Crippen LogP contribution in [0.4, 0.5) is 0 Å². The monoisotopic (exact) mass is 192 g/mol. The van der Waals surface area contributed by atoms with E-state index in [0.29, 0.717) is 11.2 Å². The van der Waals surface area contributed by atoms with E-state index in [1.807, 2.05) is 0 Å². The van der Waals surface area contributed by atoms with Crippen molar-refractivity contribution in [3.63, 3.8) is 0 Å². The number of aromatic nitrogens is 2. The highest BCUT2D eigenvalue weighted by molar-refractivity contribution is 5.86. The third-order valence-corrected chi connectivity index (χ3v) is 1.93. The molecule has 2 aromatic rings. The molecule has 0 bridgehead atoms. The van der Waals surface area contributed by atoms with E-state index in [9.17, 15) is 4.79 Å². The zero-order valence-electron chi connectivity index (χ0n) is 7.21. The van der Waals surface area contributed by atoms with Crippen LogP contribution in [0, 0.1) is 0 Å². The fourth-order valence-electron chi connectivity index (χ4n) is 1.23. The molecule has 5 heteroatoms. The Labute approximate surface area is 79.2 Å². The highest BCUT2D eigenvalue weighted by Gasteiger charge is 2.08. The molecule has 0 fully saturated rings. The first-order valence-corrected chi connectivity index (χ1v) is 4.02. The standard InChI is InChI=1S/C9H8N2O3/c12-5-6-1-2-11-4-7(9(13)14)10-8(11)3-6/h1-4,12H,5H2,(H,13,14). The van der Waals surface area contributed by atoms with Crippen molar-refractivity contribution >= 4 is 11.6 Å². The van der Waals surface area contributed by atoms with Crippen LogP contribution in [0.25, 0.3) is 5.65 Å². The number of pyridine rings is 1. The Morgan fingerprint density at radius 2 is 2.36 bits per heavy atom. The maximum atomic E-state index is 10.6. The number of nitrogens with zero attached hydrogens (tertiary/aromatic N) is 2. The van der Waals surface area contributed by atoms with Crippen LogP contribution in [-0.2, 0) is 6.61 Å². The van der Waals surface area contributed by atoms with Gasteiger partial charge in [0.2, 0.25) is 0 Å². The molecular formula is C9H8N2O3. The molecule has 2 heterocycles. The molecule has 0 aromatic carbocycles. The highest BCUT2D eigenvalue weighted by atomic mass is 16.4. The van der Waals surface area contributed by atoms with Crippen LogP contribution in [0.2, 0.25) is 0 Å². The Bertz CT molecular complexity index is 490. The van der Waals surface area contributed by atoms with Gasteiger partial charge in [-0.1, -0.05) is 0 Å². The molecule has 2 rings (SSSR count). The van der Waals surface area contributed by atoms with E-state index < -0.39 is 5.97 Å². The third-order valence-electron chi connectivity index (χ3n) is 1.93. The second kappa shape index (κ2) is 3.12. The Kier molecular flexibility index (Phi) is 1.94. The first-order valence-electron chi connectivity index (χ1n) is 4.02. The zero-order chi connectivity index (χ0) is 10.1. The number of carboxylic acids is 1. The summed E-state index contributed by atoms with van der Waals surface area (Å²) in [6, 6.07) is 3.35. The Balaban J connectivity index is 2.60. The summed E-state index contributed by atoms with van der Waals surface area (Å²) in [6.45, 7) is -0.0776. The number of carboxylic acid groups (broad SMARTS) is 1. The average molecular weight is 192 g/mol. The van der Waals surface area contributed by atoms with Crippen LogP contribution in [0.15, 0.2) is 24.5 Å². The number of rotatable bonds is 2. The van der Waals surface area contributed by atoms with Crippen LogP contribution in [0.3, 0.4) is 0 Å². The average Bonchev–Trinajstić information content (AvgIpc) is 2.59. The van der Waals surface area contributed by atoms with Gasteiger partial charge in [-0.3, -0.25) is 0 Å². The minimum atomic E-state index is -1.06. The molecule has 0 saturated heterocycles. The zero-order valence-corrected chi connectivity index (χ0v) is 7.21. The van der Waals surface area contributed by atoms with Gasteiger partial charge in [-0.05, 0) is 17.7 Å².